The van der Waals surface area contributed by atoms with Crippen LogP contribution in [0.2, 0.25) is 0 Å². The highest BCUT2D eigenvalue weighted by Gasteiger charge is 2.34. The summed E-state index contributed by atoms with van der Waals surface area (Å²) >= 11 is 0. The lowest BCUT2D eigenvalue weighted by atomic mass is 9.89. The molecule has 0 N–H and O–H groups in total. The number of likely N-dealkylation sites (N-methyl/N-ethyl adjacent to an activating group) is 1. The number of carbonyl (C=O) groups excluding carboxylic acids is 1. The predicted molar refractivity (Wildman–Crippen MR) is 85.4 cm³/mol. The molecule has 6 heteroatoms. The van der Waals surface area contributed by atoms with Crippen molar-refractivity contribution in [2.75, 3.05) is 33.7 Å². The third kappa shape index (κ3) is 3.11. The van der Waals surface area contributed by atoms with E-state index in [1.54, 1.807) is 0 Å². The zero-order valence-corrected chi connectivity index (χ0v) is 13.5. The van der Waals surface area contributed by atoms with Gasteiger partial charge in [0.05, 0.1) is 0 Å². The monoisotopic (exact) mass is 301 g/mol. The molecule has 6 nitrogen and oxygen atoms in total. The SMILES string of the molecule is CN1CCC(C)(CN(C)C(=O)Cn2nc3ccccc3n2)C1. The third-order valence-corrected chi connectivity index (χ3v) is 4.40. The van der Waals surface area contributed by atoms with Crippen molar-refractivity contribution in [3.05, 3.63) is 24.3 Å². The van der Waals surface area contributed by atoms with Gasteiger partial charge in [-0.3, -0.25) is 4.79 Å². The minimum Gasteiger partial charge on any atom is -0.343 e. The highest BCUT2D eigenvalue weighted by Crippen LogP contribution is 2.29. The average Bonchev–Trinajstić information content (AvgIpc) is 3.01. The summed E-state index contributed by atoms with van der Waals surface area (Å²) in [6.45, 7) is 5.36. The molecule has 0 saturated carbocycles. The van der Waals surface area contributed by atoms with Crippen molar-refractivity contribution in [2.45, 2.75) is 19.9 Å². The van der Waals surface area contributed by atoms with Gasteiger partial charge in [0.2, 0.25) is 5.91 Å². The molecular weight excluding hydrogens is 278 g/mol. The summed E-state index contributed by atoms with van der Waals surface area (Å²) in [5.41, 5.74) is 1.83. The number of hydrogen-bond donors (Lipinski definition) is 0. The van der Waals surface area contributed by atoms with Crippen molar-refractivity contribution in [1.82, 2.24) is 24.8 Å². The van der Waals surface area contributed by atoms with E-state index >= 15 is 0 Å². The summed E-state index contributed by atoms with van der Waals surface area (Å²) in [7, 11) is 4.00. The van der Waals surface area contributed by atoms with Gasteiger partial charge in [-0.25, -0.2) is 0 Å². The van der Waals surface area contributed by atoms with E-state index in [4.69, 9.17) is 0 Å². The fourth-order valence-corrected chi connectivity index (χ4v) is 3.28. The number of hydrogen-bond acceptors (Lipinski definition) is 4. The highest BCUT2D eigenvalue weighted by molar-refractivity contribution is 5.77. The van der Waals surface area contributed by atoms with E-state index < -0.39 is 0 Å². The lowest BCUT2D eigenvalue weighted by Gasteiger charge is -2.29. The van der Waals surface area contributed by atoms with Gasteiger partial charge in [0.15, 0.2) is 0 Å². The number of likely N-dealkylation sites (tertiary alicyclic amines) is 1. The Hall–Kier alpha value is -1.95. The number of fused-ring (bicyclic) bond motifs is 1. The molecule has 0 aliphatic carbocycles. The molecule has 0 radical (unpaired) electrons. The Bertz CT molecular complexity index is 649. The van der Waals surface area contributed by atoms with Gasteiger partial charge in [-0.1, -0.05) is 19.1 Å². The second-order valence-electron chi connectivity index (χ2n) is 6.77. The number of rotatable bonds is 4. The molecule has 1 aliphatic heterocycles. The molecular formula is C16H23N5O. The Balaban J connectivity index is 1.63. The van der Waals surface area contributed by atoms with E-state index in [1.165, 1.54) is 4.80 Å². The van der Waals surface area contributed by atoms with Crippen LogP contribution >= 0.6 is 0 Å². The largest absolute Gasteiger partial charge is 0.343 e. The zero-order chi connectivity index (χ0) is 15.7. The van der Waals surface area contributed by atoms with Gasteiger partial charge in [-0.05, 0) is 37.6 Å². The first-order chi connectivity index (χ1) is 10.5. The number of nitrogens with zero attached hydrogens (tertiary/aromatic N) is 5. The Morgan fingerprint density at radius 1 is 1.32 bits per heavy atom. The number of amides is 1. The van der Waals surface area contributed by atoms with Crippen LogP contribution in [0.3, 0.4) is 0 Å². The average molecular weight is 301 g/mol. The van der Waals surface area contributed by atoms with Gasteiger partial charge < -0.3 is 9.80 Å². The van der Waals surface area contributed by atoms with Crippen molar-refractivity contribution >= 4 is 16.9 Å². The Labute approximate surface area is 130 Å². The summed E-state index contributed by atoms with van der Waals surface area (Å²) in [5, 5.41) is 8.69. The highest BCUT2D eigenvalue weighted by atomic mass is 16.2. The third-order valence-electron chi connectivity index (χ3n) is 4.40. The minimum absolute atomic E-state index is 0.0519. The van der Waals surface area contributed by atoms with Crippen LogP contribution in [0.4, 0.5) is 0 Å². The van der Waals surface area contributed by atoms with E-state index in [2.05, 4.69) is 29.1 Å². The fourth-order valence-electron chi connectivity index (χ4n) is 3.28. The van der Waals surface area contributed by atoms with Crippen molar-refractivity contribution in [3.63, 3.8) is 0 Å². The molecule has 1 atom stereocenters. The maximum Gasteiger partial charge on any atom is 0.245 e. The van der Waals surface area contributed by atoms with Crippen molar-refractivity contribution < 1.29 is 4.79 Å². The molecule has 1 saturated heterocycles. The standard InChI is InChI=1S/C16H23N5O/c1-16(8-9-19(2)11-16)12-20(3)15(22)10-21-17-13-6-4-5-7-14(13)18-21/h4-7H,8-12H2,1-3H3. The zero-order valence-electron chi connectivity index (χ0n) is 13.5. The summed E-state index contributed by atoms with van der Waals surface area (Å²) in [6.07, 6.45) is 1.13. The molecule has 2 heterocycles. The van der Waals surface area contributed by atoms with Gasteiger partial charge in [0.1, 0.15) is 17.6 Å². The molecule has 1 amide bonds. The van der Waals surface area contributed by atoms with E-state index in [0.29, 0.717) is 0 Å². The number of carbonyl (C=O) groups is 1. The first-order valence-corrected chi connectivity index (χ1v) is 7.68. The maximum absolute atomic E-state index is 12.4. The summed E-state index contributed by atoms with van der Waals surface area (Å²) in [5.74, 6) is 0.0519. The van der Waals surface area contributed by atoms with E-state index in [-0.39, 0.29) is 17.9 Å². The van der Waals surface area contributed by atoms with Crippen molar-refractivity contribution in [3.8, 4) is 0 Å². The van der Waals surface area contributed by atoms with Crippen LogP contribution in [0, 0.1) is 5.41 Å². The van der Waals surface area contributed by atoms with Gasteiger partial charge >= 0.3 is 0 Å². The van der Waals surface area contributed by atoms with Crippen LogP contribution in [-0.4, -0.2) is 64.4 Å². The molecule has 2 aromatic rings. The van der Waals surface area contributed by atoms with Gasteiger partial charge in [-0.2, -0.15) is 15.0 Å². The first kappa shape index (κ1) is 15.0. The van der Waals surface area contributed by atoms with Crippen LogP contribution in [0.5, 0.6) is 0 Å². The molecule has 1 fully saturated rings. The molecule has 0 spiro atoms. The summed E-state index contributed by atoms with van der Waals surface area (Å²) in [6, 6.07) is 7.66. The smallest absolute Gasteiger partial charge is 0.245 e. The minimum atomic E-state index is 0.0519. The molecule has 1 unspecified atom stereocenters. The lowest BCUT2D eigenvalue weighted by molar-refractivity contribution is -0.132. The number of aromatic nitrogens is 3. The summed E-state index contributed by atoms with van der Waals surface area (Å²) < 4.78 is 0. The van der Waals surface area contributed by atoms with Crippen molar-refractivity contribution in [2.24, 2.45) is 5.41 Å². The van der Waals surface area contributed by atoms with Crippen LogP contribution in [0.15, 0.2) is 24.3 Å². The van der Waals surface area contributed by atoms with Crippen molar-refractivity contribution in [1.29, 1.82) is 0 Å². The quantitative estimate of drug-likeness (QED) is 0.852. The molecule has 22 heavy (non-hydrogen) atoms. The molecule has 1 aromatic carbocycles. The normalized spacial score (nSPS) is 22.3. The Kier molecular flexibility index (Phi) is 3.87. The maximum atomic E-state index is 12.4. The molecule has 1 aliphatic rings. The molecule has 118 valence electrons. The van der Waals surface area contributed by atoms with Crippen LogP contribution < -0.4 is 0 Å². The molecule has 3 rings (SSSR count). The second-order valence-corrected chi connectivity index (χ2v) is 6.77. The fraction of sp³-hybridized carbons (Fsp3) is 0.562. The van der Waals surface area contributed by atoms with Crippen LogP contribution in [0.25, 0.3) is 11.0 Å². The number of benzene rings is 1. The predicted octanol–water partition coefficient (Wildman–Crippen LogP) is 1.23. The topological polar surface area (TPSA) is 54.3 Å². The van der Waals surface area contributed by atoms with Crippen LogP contribution in [-0.2, 0) is 11.3 Å². The van der Waals surface area contributed by atoms with Crippen LogP contribution in [0.1, 0.15) is 13.3 Å². The van der Waals surface area contributed by atoms with E-state index in [0.717, 1.165) is 37.1 Å². The van der Waals surface area contributed by atoms with E-state index in [1.807, 2.05) is 36.2 Å². The lowest BCUT2D eigenvalue weighted by Crippen LogP contribution is -2.40. The second kappa shape index (κ2) is 5.68. The van der Waals surface area contributed by atoms with Gasteiger partial charge in [0, 0.05) is 20.1 Å². The van der Waals surface area contributed by atoms with E-state index in [9.17, 15) is 4.79 Å². The Morgan fingerprint density at radius 3 is 2.50 bits per heavy atom. The first-order valence-electron chi connectivity index (χ1n) is 7.68. The molecule has 0 bridgehead atoms. The van der Waals surface area contributed by atoms with Gasteiger partial charge in [-0.15, -0.1) is 0 Å². The molecule has 1 aromatic heterocycles. The summed E-state index contributed by atoms with van der Waals surface area (Å²) in [4.78, 5) is 18.0. The van der Waals surface area contributed by atoms with Gasteiger partial charge in [0.25, 0.3) is 0 Å². The Morgan fingerprint density at radius 2 is 1.95 bits per heavy atom.